The van der Waals surface area contributed by atoms with Crippen LogP contribution in [0.1, 0.15) is 5.56 Å². The molecule has 0 aliphatic heterocycles. The van der Waals surface area contributed by atoms with Crippen molar-refractivity contribution in [2.24, 2.45) is 0 Å². The van der Waals surface area contributed by atoms with E-state index in [1.807, 2.05) is 30.3 Å². The van der Waals surface area contributed by atoms with Gasteiger partial charge in [-0.3, -0.25) is 4.72 Å². The molecule has 0 aliphatic carbocycles. The van der Waals surface area contributed by atoms with Crippen molar-refractivity contribution < 1.29 is 9.53 Å². The monoisotopic (exact) mass is 197 g/mol. The number of carbonyl (C=O) groups excluding carboxylic acids is 1. The Balaban J connectivity index is 2.31. The predicted molar refractivity (Wildman–Crippen MR) is 53.3 cm³/mol. The largest absolute Gasteiger partial charge is 0.444 e. The molecule has 1 amide bonds. The minimum Gasteiger partial charge on any atom is -0.444 e. The van der Waals surface area contributed by atoms with E-state index in [-0.39, 0.29) is 0 Å². The maximum absolute atomic E-state index is 10.9. The smallest absolute Gasteiger partial charge is 0.417 e. The Kier molecular flexibility index (Phi) is 4.18. The van der Waals surface area contributed by atoms with Crippen molar-refractivity contribution in [3.05, 3.63) is 35.9 Å². The summed E-state index contributed by atoms with van der Waals surface area (Å²) in [6.07, 6.45) is 1.36. The summed E-state index contributed by atoms with van der Waals surface area (Å²) in [6.45, 7) is 0.313. The fraction of sp³-hybridized carbons (Fsp3) is 0.222. The second-order valence-electron chi connectivity index (χ2n) is 2.37. The Morgan fingerprint density at radius 2 is 2.15 bits per heavy atom. The summed E-state index contributed by atoms with van der Waals surface area (Å²) < 4.78 is 7.37. The molecule has 1 aromatic rings. The Morgan fingerprint density at radius 3 is 2.77 bits per heavy atom. The number of carbonyl (C=O) groups is 1. The van der Waals surface area contributed by atoms with E-state index < -0.39 is 6.09 Å². The first-order chi connectivity index (χ1) is 6.33. The molecule has 1 N–H and O–H groups in total. The first kappa shape index (κ1) is 9.92. The quantitative estimate of drug-likeness (QED) is 0.755. The molecule has 0 spiro atoms. The van der Waals surface area contributed by atoms with Crippen LogP contribution in [0.25, 0.3) is 0 Å². The predicted octanol–water partition coefficient (Wildman–Crippen LogP) is 2.19. The molecule has 3 nitrogen and oxygen atoms in total. The molecule has 70 valence electrons. The van der Waals surface area contributed by atoms with Crippen LogP contribution in [0.2, 0.25) is 0 Å². The molecule has 0 heterocycles. The topological polar surface area (TPSA) is 38.3 Å². The van der Waals surface area contributed by atoms with Gasteiger partial charge in [-0.15, -0.1) is 0 Å². The molecule has 0 radical (unpaired) electrons. The second-order valence-corrected chi connectivity index (χ2v) is 2.98. The normalized spacial score (nSPS) is 9.31. The molecule has 0 unspecified atom stereocenters. The van der Waals surface area contributed by atoms with E-state index in [9.17, 15) is 4.79 Å². The lowest BCUT2D eigenvalue weighted by atomic mass is 10.2. The van der Waals surface area contributed by atoms with E-state index in [4.69, 9.17) is 4.74 Å². The number of ether oxygens (including phenoxy) is 1. The number of benzene rings is 1. The van der Waals surface area contributed by atoms with Crippen molar-refractivity contribution in [2.75, 3.05) is 6.26 Å². The van der Waals surface area contributed by atoms with Gasteiger partial charge in [0.25, 0.3) is 0 Å². The third-order valence-corrected chi connectivity index (χ3v) is 1.77. The highest BCUT2D eigenvalue weighted by Crippen LogP contribution is 2.00. The molecule has 0 aromatic heterocycles. The molecule has 0 fully saturated rings. The van der Waals surface area contributed by atoms with Gasteiger partial charge in [0.2, 0.25) is 0 Å². The first-order valence-electron chi connectivity index (χ1n) is 3.82. The molecule has 13 heavy (non-hydrogen) atoms. The van der Waals surface area contributed by atoms with Crippen LogP contribution in [0.5, 0.6) is 0 Å². The van der Waals surface area contributed by atoms with Crippen molar-refractivity contribution in [3.8, 4) is 0 Å². The van der Waals surface area contributed by atoms with E-state index in [1.54, 1.807) is 6.26 Å². The van der Waals surface area contributed by atoms with E-state index in [0.29, 0.717) is 6.61 Å². The fourth-order valence-corrected chi connectivity index (χ4v) is 1.06. The second kappa shape index (κ2) is 5.48. The van der Waals surface area contributed by atoms with Crippen molar-refractivity contribution in [1.82, 2.24) is 4.72 Å². The molecular weight excluding hydrogens is 186 g/mol. The van der Waals surface area contributed by atoms with E-state index in [1.165, 1.54) is 11.9 Å². The Hall–Kier alpha value is -1.16. The fourth-order valence-electron chi connectivity index (χ4n) is 0.836. The maximum Gasteiger partial charge on any atom is 0.417 e. The Morgan fingerprint density at radius 1 is 1.46 bits per heavy atom. The average molecular weight is 197 g/mol. The van der Waals surface area contributed by atoms with E-state index in [0.717, 1.165) is 5.56 Å². The number of amides is 1. The van der Waals surface area contributed by atoms with Gasteiger partial charge >= 0.3 is 6.09 Å². The van der Waals surface area contributed by atoms with Gasteiger partial charge in [-0.05, 0) is 5.56 Å². The highest BCUT2D eigenvalue weighted by molar-refractivity contribution is 7.97. The number of rotatable bonds is 3. The number of hydrogen-bond acceptors (Lipinski definition) is 3. The van der Waals surface area contributed by atoms with Crippen LogP contribution in [-0.2, 0) is 11.3 Å². The standard InChI is InChI=1S/C9H11NO2S/c1-13-10-9(11)12-7-8-5-3-2-4-6-8/h2-6H,7H2,1H3,(H,10,11). The van der Waals surface area contributed by atoms with Crippen LogP contribution in [0.4, 0.5) is 4.79 Å². The third kappa shape index (κ3) is 3.85. The average Bonchev–Trinajstić information content (AvgIpc) is 2.17. The molecule has 0 atom stereocenters. The Labute approximate surface area is 81.6 Å². The third-order valence-electron chi connectivity index (χ3n) is 1.40. The summed E-state index contributed by atoms with van der Waals surface area (Å²) >= 11 is 1.22. The van der Waals surface area contributed by atoms with Crippen molar-refractivity contribution in [1.29, 1.82) is 0 Å². The van der Waals surface area contributed by atoms with Gasteiger partial charge in [0.1, 0.15) is 6.61 Å². The van der Waals surface area contributed by atoms with Crippen LogP contribution >= 0.6 is 11.9 Å². The molecule has 1 aromatic carbocycles. The highest BCUT2D eigenvalue weighted by Gasteiger charge is 1.99. The van der Waals surface area contributed by atoms with Crippen LogP contribution in [0.15, 0.2) is 30.3 Å². The van der Waals surface area contributed by atoms with Crippen molar-refractivity contribution >= 4 is 18.0 Å². The van der Waals surface area contributed by atoms with Gasteiger partial charge in [0.15, 0.2) is 0 Å². The molecule has 0 aliphatic rings. The lowest BCUT2D eigenvalue weighted by Crippen LogP contribution is -2.16. The van der Waals surface area contributed by atoms with Gasteiger partial charge in [-0.25, -0.2) is 4.79 Å². The van der Waals surface area contributed by atoms with Crippen molar-refractivity contribution in [3.63, 3.8) is 0 Å². The summed E-state index contributed by atoms with van der Waals surface area (Å²) in [5.74, 6) is 0. The van der Waals surface area contributed by atoms with E-state index >= 15 is 0 Å². The minimum atomic E-state index is -0.406. The van der Waals surface area contributed by atoms with Crippen LogP contribution in [0.3, 0.4) is 0 Å². The van der Waals surface area contributed by atoms with E-state index in [2.05, 4.69) is 4.72 Å². The Bertz CT molecular complexity index is 264. The molecular formula is C9H11NO2S. The van der Waals surface area contributed by atoms with Gasteiger partial charge in [-0.1, -0.05) is 42.3 Å². The summed E-state index contributed by atoms with van der Waals surface area (Å²) in [4.78, 5) is 10.9. The molecule has 0 bridgehead atoms. The minimum absolute atomic E-state index is 0.313. The van der Waals surface area contributed by atoms with Gasteiger partial charge < -0.3 is 4.74 Å². The summed E-state index contributed by atoms with van der Waals surface area (Å²) in [6, 6.07) is 9.56. The molecule has 4 heteroatoms. The van der Waals surface area contributed by atoms with Gasteiger partial charge in [-0.2, -0.15) is 0 Å². The zero-order valence-corrected chi connectivity index (χ0v) is 8.14. The molecule has 1 rings (SSSR count). The van der Waals surface area contributed by atoms with Crippen LogP contribution in [-0.4, -0.2) is 12.3 Å². The summed E-state index contributed by atoms with van der Waals surface area (Å²) in [5.41, 5.74) is 0.985. The number of nitrogens with one attached hydrogen (secondary N) is 1. The first-order valence-corrected chi connectivity index (χ1v) is 5.05. The van der Waals surface area contributed by atoms with Gasteiger partial charge in [0, 0.05) is 6.26 Å². The summed E-state index contributed by atoms with van der Waals surface area (Å²) in [7, 11) is 0. The lowest BCUT2D eigenvalue weighted by Gasteiger charge is -2.03. The SMILES string of the molecule is CSNC(=O)OCc1ccccc1. The van der Waals surface area contributed by atoms with Crippen LogP contribution < -0.4 is 4.72 Å². The van der Waals surface area contributed by atoms with Crippen LogP contribution in [0, 0.1) is 0 Å². The maximum atomic E-state index is 10.9. The molecule has 0 saturated carbocycles. The molecule has 0 saturated heterocycles. The zero-order valence-electron chi connectivity index (χ0n) is 7.32. The van der Waals surface area contributed by atoms with Gasteiger partial charge in [0.05, 0.1) is 0 Å². The zero-order chi connectivity index (χ0) is 9.52. The van der Waals surface area contributed by atoms with Crippen molar-refractivity contribution in [2.45, 2.75) is 6.61 Å². The lowest BCUT2D eigenvalue weighted by molar-refractivity contribution is 0.147. The summed E-state index contributed by atoms with van der Waals surface area (Å²) in [5, 5.41) is 0. The highest BCUT2D eigenvalue weighted by atomic mass is 32.2. The number of hydrogen-bond donors (Lipinski definition) is 1.